The van der Waals surface area contributed by atoms with Crippen LogP contribution in [-0.2, 0) is 9.47 Å². The van der Waals surface area contributed by atoms with Crippen LogP contribution in [0.4, 0.5) is 0 Å². The summed E-state index contributed by atoms with van der Waals surface area (Å²) in [6.45, 7) is 6.30. The molecule has 92 valence electrons. The van der Waals surface area contributed by atoms with Crippen molar-refractivity contribution in [1.82, 2.24) is 0 Å². The average molecular weight is 218 g/mol. The molecule has 0 aromatic rings. The van der Waals surface area contributed by atoms with Crippen LogP contribution in [0.2, 0.25) is 0 Å². The molecule has 0 saturated heterocycles. The molecule has 0 radical (unpaired) electrons. The molecule has 0 fully saturated rings. The van der Waals surface area contributed by atoms with Gasteiger partial charge in [0.1, 0.15) is 0 Å². The minimum Gasteiger partial charge on any atom is -0.393 e. The van der Waals surface area contributed by atoms with E-state index in [4.69, 9.17) is 9.47 Å². The van der Waals surface area contributed by atoms with Gasteiger partial charge in [0.25, 0.3) is 0 Å². The van der Waals surface area contributed by atoms with Gasteiger partial charge in [0.05, 0.1) is 19.3 Å². The Kier molecular flexibility index (Phi) is 10.3. The van der Waals surface area contributed by atoms with Gasteiger partial charge in [-0.05, 0) is 18.8 Å². The van der Waals surface area contributed by atoms with Gasteiger partial charge < -0.3 is 14.6 Å². The second kappa shape index (κ2) is 10.4. The summed E-state index contributed by atoms with van der Waals surface area (Å²) in [6.07, 6.45) is 3.73. The maximum atomic E-state index is 9.61. The highest BCUT2D eigenvalue weighted by Gasteiger charge is 2.04. The summed E-state index contributed by atoms with van der Waals surface area (Å²) < 4.78 is 10.1. The number of aliphatic hydroxyl groups is 1. The van der Waals surface area contributed by atoms with Crippen LogP contribution < -0.4 is 0 Å². The van der Waals surface area contributed by atoms with Crippen molar-refractivity contribution in [2.75, 3.05) is 26.9 Å². The van der Waals surface area contributed by atoms with Crippen LogP contribution in [-0.4, -0.2) is 38.1 Å². The molecular weight excluding hydrogens is 192 g/mol. The van der Waals surface area contributed by atoms with Gasteiger partial charge in [0.15, 0.2) is 0 Å². The average Bonchev–Trinajstić information content (AvgIpc) is 2.17. The predicted octanol–water partition coefficient (Wildman–Crippen LogP) is 2.23. The fourth-order valence-corrected chi connectivity index (χ4v) is 1.37. The first kappa shape index (κ1) is 14.9. The number of rotatable bonds is 10. The van der Waals surface area contributed by atoms with Gasteiger partial charge in [-0.3, -0.25) is 0 Å². The molecule has 0 aromatic heterocycles. The summed E-state index contributed by atoms with van der Waals surface area (Å²) in [5, 5.41) is 9.61. The Morgan fingerprint density at radius 2 is 1.73 bits per heavy atom. The Hall–Kier alpha value is -0.120. The topological polar surface area (TPSA) is 38.7 Å². The molecule has 0 aliphatic heterocycles. The molecule has 3 nitrogen and oxygen atoms in total. The van der Waals surface area contributed by atoms with Gasteiger partial charge in [-0.2, -0.15) is 0 Å². The molecule has 0 aliphatic rings. The minimum atomic E-state index is -0.203. The van der Waals surface area contributed by atoms with Gasteiger partial charge in [0, 0.05) is 13.7 Å². The van der Waals surface area contributed by atoms with Crippen LogP contribution >= 0.6 is 0 Å². The van der Waals surface area contributed by atoms with Crippen molar-refractivity contribution < 1.29 is 14.6 Å². The molecule has 1 N–H and O–H groups in total. The van der Waals surface area contributed by atoms with Gasteiger partial charge >= 0.3 is 0 Å². The van der Waals surface area contributed by atoms with Crippen molar-refractivity contribution in [3.8, 4) is 0 Å². The summed E-state index contributed by atoms with van der Waals surface area (Å²) in [4.78, 5) is 0. The van der Waals surface area contributed by atoms with E-state index in [0.29, 0.717) is 19.8 Å². The lowest BCUT2D eigenvalue weighted by molar-refractivity contribution is 0.0453. The van der Waals surface area contributed by atoms with E-state index in [2.05, 4.69) is 13.8 Å². The molecule has 0 saturated carbocycles. The third-order valence-corrected chi connectivity index (χ3v) is 2.35. The Labute approximate surface area is 93.8 Å². The fraction of sp³-hybridized carbons (Fsp3) is 1.00. The zero-order chi connectivity index (χ0) is 11.5. The van der Waals surface area contributed by atoms with E-state index in [1.807, 2.05) is 0 Å². The first-order valence-corrected chi connectivity index (χ1v) is 5.91. The van der Waals surface area contributed by atoms with Crippen molar-refractivity contribution in [2.24, 2.45) is 5.92 Å². The van der Waals surface area contributed by atoms with Crippen molar-refractivity contribution in [3.63, 3.8) is 0 Å². The highest BCUT2D eigenvalue weighted by atomic mass is 16.5. The van der Waals surface area contributed by atoms with E-state index in [1.54, 1.807) is 7.11 Å². The van der Waals surface area contributed by atoms with Crippen LogP contribution in [0.3, 0.4) is 0 Å². The van der Waals surface area contributed by atoms with Crippen LogP contribution in [0.25, 0.3) is 0 Å². The van der Waals surface area contributed by atoms with Gasteiger partial charge in [-0.15, -0.1) is 0 Å². The monoisotopic (exact) mass is 218 g/mol. The highest BCUT2D eigenvalue weighted by molar-refractivity contribution is 4.56. The van der Waals surface area contributed by atoms with Crippen LogP contribution in [0, 0.1) is 5.92 Å². The largest absolute Gasteiger partial charge is 0.393 e. The summed E-state index contributed by atoms with van der Waals surface area (Å²) >= 11 is 0. The van der Waals surface area contributed by atoms with Crippen LogP contribution in [0.5, 0.6) is 0 Å². The lowest BCUT2D eigenvalue weighted by Crippen LogP contribution is -2.12. The quantitative estimate of drug-likeness (QED) is 0.571. The molecule has 1 unspecified atom stereocenters. The van der Waals surface area contributed by atoms with E-state index in [-0.39, 0.29) is 6.10 Å². The van der Waals surface area contributed by atoms with Crippen molar-refractivity contribution in [1.29, 1.82) is 0 Å². The van der Waals surface area contributed by atoms with E-state index in [9.17, 15) is 5.11 Å². The zero-order valence-electron chi connectivity index (χ0n) is 10.4. The number of methoxy groups -OCH3 is 1. The van der Waals surface area contributed by atoms with E-state index >= 15 is 0 Å². The molecule has 0 amide bonds. The SMILES string of the molecule is COCCOCCC(O)CCCC(C)C. The molecule has 0 aliphatic carbocycles. The number of aliphatic hydroxyl groups excluding tert-OH is 1. The maximum absolute atomic E-state index is 9.61. The Morgan fingerprint density at radius 3 is 2.33 bits per heavy atom. The third kappa shape index (κ3) is 11.8. The molecule has 0 heterocycles. The summed E-state index contributed by atoms with van der Waals surface area (Å²) in [7, 11) is 1.66. The number of hydrogen-bond donors (Lipinski definition) is 1. The van der Waals surface area contributed by atoms with Gasteiger partial charge in [0.2, 0.25) is 0 Å². The predicted molar refractivity (Wildman–Crippen MR) is 62.0 cm³/mol. The third-order valence-electron chi connectivity index (χ3n) is 2.35. The van der Waals surface area contributed by atoms with Crippen LogP contribution in [0.1, 0.15) is 39.5 Å². The molecule has 0 bridgehead atoms. The maximum Gasteiger partial charge on any atom is 0.0700 e. The molecule has 1 atom stereocenters. The molecule has 0 aromatic carbocycles. The minimum absolute atomic E-state index is 0.203. The van der Waals surface area contributed by atoms with Crippen molar-refractivity contribution in [3.05, 3.63) is 0 Å². The highest BCUT2D eigenvalue weighted by Crippen LogP contribution is 2.10. The molecule has 0 spiro atoms. The van der Waals surface area contributed by atoms with Crippen molar-refractivity contribution >= 4 is 0 Å². The zero-order valence-corrected chi connectivity index (χ0v) is 10.4. The normalized spacial score (nSPS) is 13.4. The summed E-state index contributed by atoms with van der Waals surface area (Å²) in [5.41, 5.74) is 0. The Morgan fingerprint density at radius 1 is 1.00 bits per heavy atom. The number of ether oxygens (including phenoxy) is 2. The first-order chi connectivity index (χ1) is 7.16. The van der Waals surface area contributed by atoms with E-state index in [1.165, 1.54) is 6.42 Å². The summed E-state index contributed by atoms with van der Waals surface area (Å²) in [6, 6.07) is 0. The van der Waals surface area contributed by atoms with E-state index < -0.39 is 0 Å². The molecule has 0 rings (SSSR count). The summed E-state index contributed by atoms with van der Waals surface area (Å²) in [5.74, 6) is 0.732. The second-order valence-corrected chi connectivity index (χ2v) is 4.37. The van der Waals surface area contributed by atoms with Gasteiger partial charge in [-0.1, -0.05) is 26.7 Å². The first-order valence-electron chi connectivity index (χ1n) is 5.91. The Bertz CT molecular complexity index is 126. The molecular formula is C12H26O3. The second-order valence-electron chi connectivity index (χ2n) is 4.37. The molecule has 15 heavy (non-hydrogen) atoms. The van der Waals surface area contributed by atoms with Crippen LogP contribution in [0.15, 0.2) is 0 Å². The Balaban J connectivity index is 3.15. The van der Waals surface area contributed by atoms with Gasteiger partial charge in [-0.25, -0.2) is 0 Å². The van der Waals surface area contributed by atoms with Crippen molar-refractivity contribution in [2.45, 2.75) is 45.6 Å². The lowest BCUT2D eigenvalue weighted by atomic mass is 10.0. The van der Waals surface area contributed by atoms with E-state index in [0.717, 1.165) is 25.2 Å². The smallest absolute Gasteiger partial charge is 0.0700 e. The standard InChI is InChI=1S/C12H26O3/c1-11(2)5-4-6-12(13)7-8-15-10-9-14-3/h11-13H,4-10H2,1-3H3. The lowest BCUT2D eigenvalue weighted by Gasteiger charge is -2.11. The number of hydrogen-bond acceptors (Lipinski definition) is 3. The molecule has 3 heteroatoms. The fourth-order valence-electron chi connectivity index (χ4n) is 1.37.